The first-order valence-electron chi connectivity index (χ1n) is 25.8. The lowest BCUT2D eigenvalue weighted by atomic mass is 9.83. The molecule has 0 radical (unpaired) electrons. The van der Waals surface area contributed by atoms with Crippen molar-refractivity contribution in [2.45, 2.75) is 89.6 Å². The Hall–Kier alpha value is -7.42. The second-order valence-corrected chi connectivity index (χ2v) is 19.2. The molecule has 6 aliphatic carbocycles. The van der Waals surface area contributed by atoms with Gasteiger partial charge in [-0.25, -0.2) is 0 Å². The minimum atomic E-state index is 0.106. The van der Waals surface area contributed by atoms with E-state index in [-0.39, 0.29) is 12.1 Å². The molecule has 0 aliphatic heterocycles. The van der Waals surface area contributed by atoms with Gasteiger partial charge in [-0.2, -0.15) is 0 Å². The van der Waals surface area contributed by atoms with E-state index >= 15 is 0 Å². The maximum absolute atomic E-state index is 2.76. The molecule has 2 nitrogen and oxygen atoms in total. The Morgan fingerprint density at radius 3 is 1.83 bits per heavy atom. The van der Waals surface area contributed by atoms with Gasteiger partial charge in [-0.3, -0.25) is 0 Å². The average molecular weight is 911 g/mol. The van der Waals surface area contributed by atoms with E-state index in [0.29, 0.717) is 5.92 Å². The molecule has 0 amide bonds. The van der Waals surface area contributed by atoms with E-state index in [1.54, 1.807) is 0 Å². The number of allylic oxidation sites excluding steroid dienone is 25. The molecule has 4 aromatic rings. The highest BCUT2D eigenvalue weighted by atomic mass is 15.2. The molecule has 2 heteroatoms. The van der Waals surface area contributed by atoms with E-state index in [4.69, 9.17) is 0 Å². The minimum Gasteiger partial charge on any atom is -0.362 e. The Kier molecular flexibility index (Phi) is 14.8. The van der Waals surface area contributed by atoms with Crippen molar-refractivity contribution in [1.29, 1.82) is 0 Å². The third kappa shape index (κ3) is 10.9. The summed E-state index contributed by atoms with van der Waals surface area (Å²) in [4.78, 5) is 5.38. The van der Waals surface area contributed by atoms with Crippen molar-refractivity contribution in [2.24, 2.45) is 0 Å². The van der Waals surface area contributed by atoms with Crippen LogP contribution in [0.4, 0.5) is 0 Å². The number of benzene rings is 4. The van der Waals surface area contributed by atoms with Crippen LogP contribution in [0.5, 0.6) is 0 Å². The Balaban J connectivity index is 1.09. The van der Waals surface area contributed by atoms with Crippen molar-refractivity contribution in [2.75, 3.05) is 0 Å². The molecule has 4 aromatic carbocycles. The lowest BCUT2D eigenvalue weighted by molar-refractivity contribution is 0.244. The summed E-state index contributed by atoms with van der Waals surface area (Å²) in [5.41, 5.74) is 20.1. The first kappa shape index (κ1) is 46.3. The third-order valence-corrected chi connectivity index (χ3v) is 14.8. The summed E-state index contributed by atoms with van der Waals surface area (Å²) < 4.78 is 0. The van der Waals surface area contributed by atoms with E-state index in [1.807, 2.05) is 0 Å². The first-order valence-corrected chi connectivity index (χ1v) is 25.8. The van der Waals surface area contributed by atoms with Crippen LogP contribution in [0.1, 0.15) is 99.8 Å². The Morgan fingerprint density at radius 2 is 1.20 bits per heavy atom. The van der Waals surface area contributed by atoms with Gasteiger partial charge in [0.2, 0.25) is 0 Å². The molecule has 0 heterocycles. The first-order chi connectivity index (χ1) is 34.6. The van der Waals surface area contributed by atoms with E-state index in [1.165, 1.54) is 84.1 Å². The lowest BCUT2D eigenvalue weighted by Crippen LogP contribution is -2.42. The Bertz CT molecular complexity index is 3000. The van der Waals surface area contributed by atoms with Crippen LogP contribution in [-0.4, -0.2) is 21.9 Å². The normalized spacial score (nSPS) is 20.9. The maximum atomic E-state index is 2.76. The van der Waals surface area contributed by atoms with Crippen LogP contribution in [0.3, 0.4) is 0 Å². The van der Waals surface area contributed by atoms with E-state index in [2.05, 4.69) is 260 Å². The predicted molar refractivity (Wildman–Crippen MR) is 298 cm³/mol. The molecular weight excluding hydrogens is 845 g/mol. The topological polar surface area (TPSA) is 6.48 Å². The largest absolute Gasteiger partial charge is 0.362 e. The van der Waals surface area contributed by atoms with Crippen LogP contribution in [0.25, 0.3) is 16.7 Å². The van der Waals surface area contributed by atoms with Crippen molar-refractivity contribution in [3.63, 3.8) is 0 Å². The van der Waals surface area contributed by atoms with Gasteiger partial charge in [0.25, 0.3) is 0 Å². The summed E-state index contributed by atoms with van der Waals surface area (Å²) >= 11 is 0. The number of nitrogens with zero attached hydrogens (tertiary/aromatic N) is 2. The summed E-state index contributed by atoms with van der Waals surface area (Å²) in [6, 6.07) is 43.9. The van der Waals surface area contributed by atoms with E-state index in [0.717, 1.165) is 57.8 Å². The Morgan fingerprint density at radius 1 is 0.586 bits per heavy atom. The average Bonchev–Trinajstić information content (AvgIpc) is 3.73. The number of rotatable bonds is 14. The zero-order valence-electron chi connectivity index (χ0n) is 41.0. The van der Waals surface area contributed by atoms with Gasteiger partial charge >= 0.3 is 0 Å². The molecule has 0 saturated heterocycles. The highest BCUT2D eigenvalue weighted by Crippen LogP contribution is 2.42. The minimum absolute atomic E-state index is 0.106. The Labute approximate surface area is 418 Å². The van der Waals surface area contributed by atoms with Gasteiger partial charge in [0, 0.05) is 34.7 Å². The van der Waals surface area contributed by atoms with Gasteiger partial charge in [-0.1, -0.05) is 206 Å². The summed E-state index contributed by atoms with van der Waals surface area (Å²) in [5, 5.41) is 0. The monoisotopic (exact) mass is 911 g/mol. The maximum Gasteiger partial charge on any atom is 0.0539 e. The second-order valence-electron chi connectivity index (χ2n) is 19.2. The van der Waals surface area contributed by atoms with Gasteiger partial charge in [-0.15, -0.1) is 0 Å². The number of hydrogen-bond acceptors (Lipinski definition) is 2. The molecule has 6 aliphatic rings. The SMILES string of the molecule is CC=C(C=CC(C)N(C1=CC=C(c2ccccc2)CC1)C1C=C(N(C2=CCC(c3ccccc3)C=C2)C2=CC=C(C3=CC=CCC=C3)CC2)C=C(C2=CC=C(c3ccccc3)CC2)C1)c1ccccc1. The quantitative estimate of drug-likeness (QED) is 0.116. The van der Waals surface area contributed by atoms with Crippen molar-refractivity contribution in [1.82, 2.24) is 9.80 Å². The van der Waals surface area contributed by atoms with Crippen LogP contribution >= 0.6 is 0 Å². The van der Waals surface area contributed by atoms with Crippen molar-refractivity contribution >= 4 is 16.7 Å². The standard InChI is InChI=1S/C68H66N2/c1-3-52(53-20-12-6-13-21-53)31-30-51(2)69(64-42-36-59(37-43-64)56-26-16-8-17-27-56)67-48-63(62-34-32-58(33-35-62)54-24-14-7-15-25-54)49-68(50-67)70(66-46-40-61(41-47-66)57-28-18-9-19-29-57)65-44-38-60(39-45-65)55-22-10-4-5-11-23-55/h3-4,6-32,34,36,38,40,42,44,46-47,49-51,61,67H,5,33,35,37,39,41,43,45,48H2,1-2H3. The number of hydrogen-bond donors (Lipinski definition) is 0. The lowest BCUT2D eigenvalue weighted by Gasteiger charge is -2.43. The highest BCUT2D eigenvalue weighted by molar-refractivity contribution is 5.74. The van der Waals surface area contributed by atoms with Crippen molar-refractivity contribution in [3.05, 3.63) is 304 Å². The van der Waals surface area contributed by atoms with Gasteiger partial charge in [-0.05, 0) is 163 Å². The summed E-state index contributed by atoms with van der Waals surface area (Å²) in [6.45, 7) is 4.56. The molecule has 0 spiro atoms. The fourth-order valence-electron chi connectivity index (χ4n) is 11.0. The smallest absolute Gasteiger partial charge is 0.0539 e. The van der Waals surface area contributed by atoms with Gasteiger partial charge in [0.05, 0.1) is 6.04 Å². The summed E-state index contributed by atoms with van der Waals surface area (Å²) in [7, 11) is 0. The molecule has 0 saturated carbocycles. The predicted octanol–water partition coefficient (Wildman–Crippen LogP) is 17.5. The molecule has 348 valence electrons. The summed E-state index contributed by atoms with van der Waals surface area (Å²) in [6.07, 6.45) is 54.2. The van der Waals surface area contributed by atoms with Crippen LogP contribution in [0.2, 0.25) is 0 Å². The molecule has 0 N–H and O–H groups in total. The molecular formula is C68H66N2. The molecule has 0 fully saturated rings. The van der Waals surface area contributed by atoms with Crippen molar-refractivity contribution in [3.8, 4) is 0 Å². The van der Waals surface area contributed by atoms with E-state index in [9.17, 15) is 0 Å². The van der Waals surface area contributed by atoms with Crippen LogP contribution < -0.4 is 0 Å². The van der Waals surface area contributed by atoms with Gasteiger partial charge in [0.15, 0.2) is 0 Å². The fourth-order valence-corrected chi connectivity index (χ4v) is 11.0. The van der Waals surface area contributed by atoms with Gasteiger partial charge in [0.1, 0.15) is 0 Å². The molecule has 3 unspecified atom stereocenters. The van der Waals surface area contributed by atoms with Crippen LogP contribution in [0, 0.1) is 0 Å². The van der Waals surface area contributed by atoms with Crippen LogP contribution in [-0.2, 0) is 0 Å². The van der Waals surface area contributed by atoms with Gasteiger partial charge < -0.3 is 9.80 Å². The molecule has 0 bridgehead atoms. The molecule has 10 rings (SSSR count). The van der Waals surface area contributed by atoms with E-state index < -0.39 is 0 Å². The molecule has 70 heavy (non-hydrogen) atoms. The molecule has 0 aromatic heterocycles. The second kappa shape index (κ2) is 22.3. The fraction of sp³-hybridized carbons (Fsp3) is 0.206. The highest BCUT2D eigenvalue weighted by Gasteiger charge is 2.32. The van der Waals surface area contributed by atoms with Crippen LogP contribution in [0.15, 0.2) is 282 Å². The molecule has 3 atom stereocenters. The third-order valence-electron chi connectivity index (χ3n) is 14.8. The summed E-state index contributed by atoms with van der Waals surface area (Å²) in [5.74, 6) is 0.353. The zero-order valence-corrected chi connectivity index (χ0v) is 41.0. The zero-order chi connectivity index (χ0) is 47.5. The van der Waals surface area contributed by atoms with Crippen molar-refractivity contribution < 1.29 is 0 Å².